The molecule has 6 heteroatoms. The summed E-state index contributed by atoms with van der Waals surface area (Å²) in [7, 11) is -3.50. The molecule has 4 nitrogen and oxygen atoms in total. The van der Waals surface area contributed by atoms with Crippen molar-refractivity contribution in [3.63, 3.8) is 0 Å². The maximum absolute atomic E-state index is 12.4. The summed E-state index contributed by atoms with van der Waals surface area (Å²) in [6.07, 6.45) is -0.188. The van der Waals surface area contributed by atoms with Gasteiger partial charge in [-0.3, -0.25) is 4.79 Å². The standard InChI is InChI=1S/C15H13BrO4S/c16-13-5-7-14(8-6-13)21(19,20)10-12-4-2-1-3-11(12)9-15(17)18/h1-8H,9-10H2,(H,17,18). The number of hydrogen-bond donors (Lipinski definition) is 1. The second-order valence-electron chi connectivity index (χ2n) is 4.55. The maximum Gasteiger partial charge on any atom is 0.307 e. The number of aliphatic carboxylic acids is 1. The molecule has 0 spiro atoms. The van der Waals surface area contributed by atoms with Gasteiger partial charge in [0, 0.05) is 4.47 Å². The van der Waals surface area contributed by atoms with Gasteiger partial charge in [-0.1, -0.05) is 40.2 Å². The van der Waals surface area contributed by atoms with Crippen molar-refractivity contribution in [2.45, 2.75) is 17.1 Å². The minimum absolute atomic E-state index is 0.188. The Hall–Kier alpha value is -1.66. The Balaban J connectivity index is 2.33. The number of rotatable bonds is 5. The maximum atomic E-state index is 12.4. The van der Waals surface area contributed by atoms with Crippen LogP contribution in [0.5, 0.6) is 0 Å². The third kappa shape index (κ3) is 4.15. The van der Waals surface area contributed by atoms with Crippen LogP contribution in [0.4, 0.5) is 0 Å². The monoisotopic (exact) mass is 368 g/mol. The number of sulfone groups is 1. The van der Waals surface area contributed by atoms with Crippen molar-refractivity contribution in [3.05, 3.63) is 64.1 Å². The van der Waals surface area contributed by atoms with Crippen LogP contribution in [-0.4, -0.2) is 19.5 Å². The molecule has 21 heavy (non-hydrogen) atoms. The van der Waals surface area contributed by atoms with E-state index in [-0.39, 0.29) is 17.1 Å². The lowest BCUT2D eigenvalue weighted by Crippen LogP contribution is -2.09. The number of carbonyl (C=O) groups is 1. The minimum Gasteiger partial charge on any atom is -0.481 e. The zero-order valence-corrected chi connectivity index (χ0v) is 13.4. The van der Waals surface area contributed by atoms with Crippen molar-refractivity contribution in [2.24, 2.45) is 0 Å². The van der Waals surface area contributed by atoms with Gasteiger partial charge in [0.1, 0.15) is 0 Å². The largest absolute Gasteiger partial charge is 0.481 e. The molecular weight excluding hydrogens is 356 g/mol. The van der Waals surface area contributed by atoms with Crippen molar-refractivity contribution in [1.82, 2.24) is 0 Å². The van der Waals surface area contributed by atoms with E-state index in [1.54, 1.807) is 36.4 Å². The molecule has 2 aromatic carbocycles. The fourth-order valence-corrected chi connectivity index (χ4v) is 3.64. The van der Waals surface area contributed by atoms with Crippen LogP contribution in [0, 0.1) is 0 Å². The van der Waals surface area contributed by atoms with Gasteiger partial charge < -0.3 is 5.11 Å². The zero-order valence-electron chi connectivity index (χ0n) is 11.0. The van der Waals surface area contributed by atoms with Crippen LogP contribution < -0.4 is 0 Å². The highest BCUT2D eigenvalue weighted by molar-refractivity contribution is 9.10. The second-order valence-corrected chi connectivity index (χ2v) is 7.46. The summed E-state index contributed by atoms with van der Waals surface area (Å²) >= 11 is 3.26. The Morgan fingerprint density at radius 3 is 2.14 bits per heavy atom. The van der Waals surface area contributed by atoms with Crippen molar-refractivity contribution in [3.8, 4) is 0 Å². The quantitative estimate of drug-likeness (QED) is 0.880. The average Bonchev–Trinajstić information content (AvgIpc) is 2.40. The second kappa shape index (κ2) is 6.41. The van der Waals surface area contributed by atoms with E-state index in [4.69, 9.17) is 5.11 Å². The summed E-state index contributed by atoms with van der Waals surface area (Å²) in [4.78, 5) is 11.1. The first kappa shape index (κ1) is 15.7. The first-order chi connectivity index (χ1) is 9.88. The summed E-state index contributed by atoms with van der Waals surface area (Å²) in [6.45, 7) is 0. The van der Waals surface area contributed by atoms with Crippen LogP contribution in [0.2, 0.25) is 0 Å². The lowest BCUT2D eigenvalue weighted by atomic mass is 10.1. The van der Waals surface area contributed by atoms with Gasteiger partial charge in [0.25, 0.3) is 0 Å². The fraction of sp³-hybridized carbons (Fsp3) is 0.133. The Kier molecular flexibility index (Phi) is 4.80. The number of benzene rings is 2. The molecule has 0 aromatic heterocycles. The van der Waals surface area contributed by atoms with E-state index in [1.165, 1.54) is 12.1 Å². The Morgan fingerprint density at radius 2 is 1.57 bits per heavy atom. The number of carboxylic acid groups (broad SMARTS) is 1. The number of carboxylic acids is 1. The summed E-state index contributed by atoms with van der Waals surface area (Å²) in [5.41, 5.74) is 1.04. The van der Waals surface area contributed by atoms with Gasteiger partial charge in [0.05, 0.1) is 17.1 Å². The highest BCUT2D eigenvalue weighted by Crippen LogP contribution is 2.21. The van der Waals surface area contributed by atoms with Crippen LogP contribution in [-0.2, 0) is 26.8 Å². The number of hydrogen-bond acceptors (Lipinski definition) is 3. The molecule has 0 radical (unpaired) electrons. The lowest BCUT2D eigenvalue weighted by molar-refractivity contribution is -0.136. The van der Waals surface area contributed by atoms with Crippen LogP contribution >= 0.6 is 15.9 Å². The molecule has 0 amide bonds. The molecule has 0 aliphatic rings. The van der Waals surface area contributed by atoms with E-state index in [1.807, 2.05) is 0 Å². The molecule has 110 valence electrons. The Bertz CT molecular complexity index is 751. The average molecular weight is 369 g/mol. The van der Waals surface area contributed by atoms with Gasteiger partial charge in [0.15, 0.2) is 9.84 Å². The first-order valence-electron chi connectivity index (χ1n) is 6.15. The van der Waals surface area contributed by atoms with Gasteiger partial charge in [0.2, 0.25) is 0 Å². The van der Waals surface area contributed by atoms with Crippen LogP contribution in [0.25, 0.3) is 0 Å². The van der Waals surface area contributed by atoms with E-state index in [0.717, 1.165) is 4.47 Å². The smallest absolute Gasteiger partial charge is 0.307 e. The minimum atomic E-state index is -3.50. The van der Waals surface area contributed by atoms with Crippen molar-refractivity contribution in [1.29, 1.82) is 0 Å². The Morgan fingerprint density at radius 1 is 1.00 bits per heavy atom. The van der Waals surface area contributed by atoms with E-state index in [2.05, 4.69) is 15.9 Å². The van der Waals surface area contributed by atoms with E-state index in [0.29, 0.717) is 11.1 Å². The Labute approximate surface area is 131 Å². The third-order valence-corrected chi connectivity index (χ3v) is 5.19. The van der Waals surface area contributed by atoms with Gasteiger partial charge >= 0.3 is 5.97 Å². The molecule has 0 atom stereocenters. The van der Waals surface area contributed by atoms with E-state index in [9.17, 15) is 13.2 Å². The van der Waals surface area contributed by atoms with Crippen molar-refractivity contribution < 1.29 is 18.3 Å². The van der Waals surface area contributed by atoms with Gasteiger partial charge in [-0.2, -0.15) is 0 Å². The first-order valence-corrected chi connectivity index (χ1v) is 8.60. The zero-order chi connectivity index (χ0) is 15.5. The van der Waals surface area contributed by atoms with Crippen LogP contribution in [0.1, 0.15) is 11.1 Å². The van der Waals surface area contributed by atoms with Crippen LogP contribution in [0.15, 0.2) is 57.9 Å². The highest BCUT2D eigenvalue weighted by atomic mass is 79.9. The predicted octanol–water partition coefficient (Wildman–Crippen LogP) is 3.05. The molecule has 0 saturated heterocycles. The summed E-state index contributed by atoms with van der Waals surface area (Å²) in [5, 5.41) is 8.88. The van der Waals surface area contributed by atoms with Gasteiger partial charge in [-0.15, -0.1) is 0 Å². The molecule has 0 aliphatic heterocycles. The predicted molar refractivity (Wildman–Crippen MR) is 82.8 cm³/mol. The normalized spacial score (nSPS) is 11.3. The molecule has 0 fully saturated rings. The molecule has 2 rings (SSSR count). The third-order valence-electron chi connectivity index (χ3n) is 2.98. The molecular formula is C15H13BrO4S. The molecule has 1 N–H and O–H groups in total. The number of halogens is 1. The van der Waals surface area contributed by atoms with Gasteiger partial charge in [-0.25, -0.2) is 8.42 Å². The molecule has 2 aromatic rings. The van der Waals surface area contributed by atoms with E-state index >= 15 is 0 Å². The molecule has 0 heterocycles. The molecule has 0 bridgehead atoms. The topological polar surface area (TPSA) is 71.4 Å². The highest BCUT2D eigenvalue weighted by Gasteiger charge is 2.17. The molecule has 0 unspecified atom stereocenters. The summed E-state index contributed by atoms with van der Waals surface area (Å²) < 4.78 is 25.6. The molecule has 0 aliphatic carbocycles. The van der Waals surface area contributed by atoms with Crippen molar-refractivity contribution >= 4 is 31.7 Å². The van der Waals surface area contributed by atoms with Gasteiger partial charge in [-0.05, 0) is 35.4 Å². The fourth-order valence-electron chi connectivity index (χ4n) is 1.96. The van der Waals surface area contributed by atoms with Crippen molar-refractivity contribution in [2.75, 3.05) is 0 Å². The van der Waals surface area contributed by atoms with Crippen LogP contribution in [0.3, 0.4) is 0 Å². The lowest BCUT2D eigenvalue weighted by Gasteiger charge is -2.09. The van der Waals surface area contributed by atoms with E-state index < -0.39 is 15.8 Å². The SMILES string of the molecule is O=C(O)Cc1ccccc1CS(=O)(=O)c1ccc(Br)cc1. The summed E-state index contributed by atoms with van der Waals surface area (Å²) in [6, 6.07) is 13.1. The molecule has 0 saturated carbocycles. The summed E-state index contributed by atoms with van der Waals surface area (Å²) in [5.74, 6) is -1.19.